The zero-order valence-electron chi connectivity index (χ0n) is 15.1. The highest BCUT2D eigenvalue weighted by atomic mass is 32.2. The molecule has 146 valence electrons. The normalized spacial score (nSPS) is 13.0. The van der Waals surface area contributed by atoms with Gasteiger partial charge in [-0.3, -0.25) is 4.79 Å². The highest BCUT2D eigenvalue weighted by molar-refractivity contribution is 8.00. The second-order valence-corrected chi connectivity index (χ2v) is 7.14. The van der Waals surface area contributed by atoms with E-state index in [2.05, 4.69) is 15.5 Å². The lowest BCUT2D eigenvalue weighted by Gasteiger charge is -2.11. The van der Waals surface area contributed by atoms with Crippen LogP contribution in [0.3, 0.4) is 0 Å². The van der Waals surface area contributed by atoms with Gasteiger partial charge in [-0.25, -0.2) is 8.78 Å². The van der Waals surface area contributed by atoms with E-state index in [0.717, 1.165) is 11.8 Å². The summed E-state index contributed by atoms with van der Waals surface area (Å²) in [4.78, 5) is 12.2. The van der Waals surface area contributed by atoms with Gasteiger partial charge in [0.05, 0.1) is 5.25 Å². The number of anilines is 1. The maximum Gasteiger partial charge on any atom is 0.277 e. The zero-order chi connectivity index (χ0) is 20.1. The summed E-state index contributed by atoms with van der Waals surface area (Å²) in [5.41, 5.74) is 0.483. The quantitative estimate of drug-likeness (QED) is 0.579. The molecule has 1 aromatic heterocycles. The first-order valence-electron chi connectivity index (χ1n) is 8.40. The van der Waals surface area contributed by atoms with Crippen LogP contribution in [0.1, 0.15) is 25.8 Å². The monoisotopic (exact) mass is 405 g/mol. The number of hydrogen-bond donors (Lipinski definition) is 1. The minimum absolute atomic E-state index is 0.0782. The lowest BCUT2D eigenvalue weighted by molar-refractivity contribution is -0.115. The largest absolute Gasteiger partial charge is 0.478 e. The Balaban J connectivity index is 1.58. The molecule has 0 aliphatic carbocycles. The predicted octanol–water partition coefficient (Wildman–Crippen LogP) is 4.61. The molecule has 1 amide bonds. The van der Waals surface area contributed by atoms with Crippen molar-refractivity contribution >= 4 is 23.4 Å². The van der Waals surface area contributed by atoms with E-state index in [4.69, 9.17) is 9.15 Å². The Morgan fingerprint density at radius 3 is 2.54 bits per heavy atom. The first-order valence-corrected chi connectivity index (χ1v) is 9.28. The van der Waals surface area contributed by atoms with Crippen LogP contribution in [0.4, 0.5) is 14.5 Å². The van der Waals surface area contributed by atoms with E-state index in [0.29, 0.717) is 5.69 Å². The maximum absolute atomic E-state index is 13.7. The Morgan fingerprint density at radius 1 is 1.11 bits per heavy atom. The van der Waals surface area contributed by atoms with Crippen LogP contribution in [-0.2, 0) is 4.79 Å². The van der Waals surface area contributed by atoms with Crippen LogP contribution in [0.2, 0.25) is 0 Å². The molecule has 0 fully saturated rings. The molecule has 2 aromatic carbocycles. The van der Waals surface area contributed by atoms with E-state index in [1.54, 1.807) is 26.0 Å². The topological polar surface area (TPSA) is 77.2 Å². The summed E-state index contributed by atoms with van der Waals surface area (Å²) >= 11 is 1.07. The molecule has 0 bridgehead atoms. The van der Waals surface area contributed by atoms with Gasteiger partial charge in [-0.05, 0) is 50.2 Å². The van der Waals surface area contributed by atoms with Crippen molar-refractivity contribution in [3.63, 3.8) is 0 Å². The van der Waals surface area contributed by atoms with Gasteiger partial charge in [0.2, 0.25) is 5.91 Å². The predicted molar refractivity (Wildman–Crippen MR) is 100 cm³/mol. The van der Waals surface area contributed by atoms with Crippen LogP contribution in [0.15, 0.2) is 58.2 Å². The van der Waals surface area contributed by atoms with Crippen molar-refractivity contribution in [3.05, 3.63) is 66.1 Å². The number of carbonyl (C=O) groups is 1. The summed E-state index contributed by atoms with van der Waals surface area (Å²) in [5, 5.41) is 10.1. The standard InChI is InChI=1S/C19H17F2N3O3S/c1-11(26-16-6-4-3-5-15(16)21)18-23-24-19(27-18)28-12(2)17(25)22-14-9-7-13(20)8-10-14/h3-12H,1-2H3,(H,22,25)/t11-,12+/m0/s1. The number of carbonyl (C=O) groups excluding carboxylic acids is 1. The number of amides is 1. The SMILES string of the molecule is C[C@H](Oc1ccccc1F)c1nnc(S[C@H](C)C(=O)Nc2ccc(F)cc2)o1. The van der Waals surface area contributed by atoms with Gasteiger partial charge in [-0.2, -0.15) is 0 Å². The first-order chi connectivity index (χ1) is 13.4. The van der Waals surface area contributed by atoms with Crippen molar-refractivity contribution in [1.29, 1.82) is 0 Å². The summed E-state index contributed by atoms with van der Waals surface area (Å²) < 4.78 is 37.6. The van der Waals surface area contributed by atoms with Gasteiger partial charge in [0.15, 0.2) is 17.7 Å². The molecule has 0 spiro atoms. The van der Waals surface area contributed by atoms with Gasteiger partial charge in [-0.1, -0.05) is 23.9 Å². The molecule has 1 heterocycles. The average Bonchev–Trinajstić information content (AvgIpc) is 3.14. The molecule has 0 aliphatic heterocycles. The first kappa shape index (κ1) is 19.8. The van der Waals surface area contributed by atoms with Crippen LogP contribution in [0.25, 0.3) is 0 Å². The van der Waals surface area contributed by atoms with E-state index in [1.807, 2.05) is 0 Å². The van der Waals surface area contributed by atoms with E-state index in [9.17, 15) is 13.6 Å². The van der Waals surface area contributed by atoms with Gasteiger partial charge in [0, 0.05) is 5.69 Å². The number of thioether (sulfide) groups is 1. The van der Waals surface area contributed by atoms with Crippen molar-refractivity contribution in [2.24, 2.45) is 0 Å². The molecule has 2 atom stereocenters. The van der Waals surface area contributed by atoms with Gasteiger partial charge >= 0.3 is 0 Å². The van der Waals surface area contributed by atoms with Crippen LogP contribution in [-0.4, -0.2) is 21.4 Å². The summed E-state index contributed by atoms with van der Waals surface area (Å²) in [5.74, 6) is -0.932. The number of benzene rings is 2. The number of halogens is 2. The number of rotatable bonds is 7. The lowest BCUT2D eigenvalue weighted by atomic mass is 10.3. The number of para-hydroxylation sites is 1. The third-order valence-electron chi connectivity index (χ3n) is 3.67. The molecule has 3 rings (SSSR count). The van der Waals surface area contributed by atoms with Crippen LogP contribution in [0.5, 0.6) is 5.75 Å². The number of ether oxygens (including phenoxy) is 1. The molecular weight excluding hydrogens is 388 g/mol. The van der Waals surface area contributed by atoms with Crippen molar-refractivity contribution in [2.75, 3.05) is 5.32 Å². The van der Waals surface area contributed by atoms with Crippen molar-refractivity contribution in [2.45, 2.75) is 30.4 Å². The van der Waals surface area contributed by atoms with Gasteiger partial charge in [0.25, 0.3) is 11.1 Å². The highest BCUT2D eigenvalue weighted by Gasteiger charge is 2.21. The second kappa shape index (κ2) is 8.83. The van der Waals surface area contributed by atoms with Crippen molar-refractivity contribution in [1.82, 2.24) is 10.2 Å². The van der Waals surface area contributed by atoms with E-state index in [1.165, 1.54) is 36.4 Å². The highest BCUT2D eigenvalue weighted by Crippen LogP contribution is 2.27. The fourth-order valence-electron chi connectivity index (χ4n) is 2.20. The number of aromatic nitrogens is 2. The lowest BCUT2D eigenvalue weighted by Crippen LogP contribution is -2.22. The number of nitrogens with zero attached hydrogens (tertiary/aromatic N) is 2. The number of hydrogen-bond acceptors (Lipinski definition) is 6. The number of nitrogens with one attached hydrogen (secondary N) is 1. The molecule has 3 aromatic rings. The molecule has 9 heteroatoms. The Kier molecular flexibility index (Phi) is 6.25. The summed E-state index contributed by atoms with van der Waals surface area (Å²) in [6.07, 6.45) is -0.665. The smallest absolute Gasteiger partial charge is 0.277 e. The van der Waals surface area contributed by atoms with Crippen molar-refractivity contribution in [3.8, 4) is 5.75 Å². The molecule has 0 radical (unpaired) electrons. The third-order valence-corrected chi connectivity index (χ3v) is 4.60. The maximum atomic E-state index is 13.7. The summed E-state index contributed by atoms with van der Waals surface area (Å²) in [6.45, 7) is 3.33. The van der Waals surface area contributed by atoms with E-state index in [-0.39, 0.29) is 28.6 Å². The van der Waals surface area contributed by atoms with E-state index >= 15 is 0 Å². The minimum Gasteiger partial charge on any atom is -0.478 e. The fourth-order valence-corrected chi connectivity index (χ4v) is 2.89. The van der Waals surface area contributed by atoms with Gasteiger partial charge in [0.1, 0.15) is 5.82 Å². The summed E-state index contributed by atoms with van der Waals surface area (Å²) in [6, 6.07) is 11.5. The Labute approximate surface area is 164 Å². The van der Waals surface area contributed by atoms with E-state index < -0.39 is 17.2 Å². The molecule has 0 aliphatic rings. The molecular formula is C19H17F2N3O3S. The third kappa shape index (κ3) is 5.07. The van der Waals surface area contributed by atoms with Crippen molar-refractivity contribution < 1.29 is 22.7 Å². The fraction of sp³-hybridized carbons (Fsp3) is 0.211. The Bertz CT molecular complexity index is 950. The van der Waals surface area contributed by atoms with Gasteiger partial charge in [-0.15, -0.1) is 10.2 Å². The molecule has 0 unspecified atom stereocenters. The zero-order valence-corrected chi connectivity index (χ0v) is 15.9. The second-order valence-electron chi connectivity index (χ2n) is 5.85. The van der Waals surface area contributed by atoms with Crippen LogP contribution >= 0.6 is 11.8 Å². The molecule has 6 nitrogen and oxygen atoms in total. The molecule has 0 saturated heterocycles. The Morgan fingerprint density at radius 2 is 1.82 bits per heavy atom. The Hall–Kier alpha value is -2.94. The van der Waals surface area contributed by atoms with Crippen LogP contribution < -0.4 is 10.1 Å². The average molecular weight is 405 g/mol. The van der Waals surface area contributed by atoms with Crippen LogP contribution in [0, 0.1) is 11.6 Å². The molecule has 0 saturated carbocycles. The molecule has 28 heavy (non-hydrogen) atoms. The molecule has 1 N–H and O–H groups in total. The minimum atomic E-state index is -0.665. The summed E-state index contributed by atoms with van der Waals surface area (Å²) in [7, 11) is 0. The van der Waals surface area contributed by atoms with Gasteiger partial charge < -0.3 is 14.5 Å².